The summed E-state index contributed by atoms with van der Waals surface area (Å²) in [5.41, 5.74) is 8.10. The minimum atomic E-state index is 0.223. The third-order valence-corrected chi connectivity index (χ3v) is 2.07. The predicted octanol–water partition coefficient (Wildman–Crippen LogP) is 2.41. The van der Waals surface area contributed by atoms with Crippen LogP contribution in [-0.2, 0) is 0 Å². The molecule has 2 nitrogen and oxygen atoms in total. The van der Waals surface area contributed by atoms with Gasteiger partial charge in [0.05, 0.1) is 5.69 Å². The first-order valence-electron chi connectivity index (χ1n) is 4.12. The molecule has 66 valence electrons. The highest BCUT2D eigenvalue weighted by molar-refractivity contribution is 5.61. The molecule has 0 radical (unpaired) electrons. The van der Waals surface area contributed by atoms with Crippen molar-refractivity contribution in [3.05, 3.63) is 23.3 Å². The van der Waals surface area contributed by atoms with Crippen LogP contribution in [0.2, 0.25) is 0 Å². The summed E-state index contributed by atoms with van der Waals surface area (Å²) in [4.78, 5) is 0. The molecule has 0 amide bonds. The maximum atomic E-state index is 9.51. The predicted molar refractivity (Wildman–Crippen MR) is 51.3 cm³/mol. The highest BCUT2D eigenvalue weighted by atomic mass is 16.3. The SMILES string of the molecule is Cc1ccc(C(C)C)c(N)c1O. The van der Waals surface area contributed by atoms with Gasteiger partial charge in [0.25, 0.3) is 0 Å². The molecule has 1 aromatic carbocycles. The summed E-state index contributed by atoms with van der Waals surface area (Å²) in [5.74, 6) is 0.581. The molecule has 0 aromatic heterocycles. The molecule has 3 N–H and O–H groups in total. The van der Waals surface area contributed by atoms with E-state index < -0.39 is 0 Å². The quantitative estimate of drug-likeness (QED) is 0.496. The maximum Gasteiger partial charge on any atom is 0.141 e. The first-order chi connectivity index (χ1) is 5.54. The lowest BCUT2D eigenvalue weighted by Gasteiger charge is -2.11. The van der Waals surface area contributed by atoms with E-state index in [0.29, 0.717) is 11.6 Å². The lowest BCUT2D eigenvalue weighted by Crippen LogP contribution is -1.97. The second kappa shape index (κ2) is 3.05. The number of anilines is 1. The Labute approximate surface area is 73.0 Å². The molecular weight excluding hydrogens is 150 g/mol. The average Bonchev–Trinajstić information content (AvgIpc) is 2.00. The van der Waals surface area contributed by atoms with E-state index in [1.807, 2.05) is 19.1 Å². The van der Waals surface area contributed by atoms with Gasteiger partial charge in [-0.05, 0) is 24.0 Å². The van der Waals surface area contributed by atoms with Gasteiger partial charge in [-0.1, -0.05) is 26.0 Å². The Hall–Kier alpha value is -1.18. The minimum absolute atomic E-state index is 0.223. The highest BCUT2D eigenvalue weighted by Gasteiger charge is 2.08. The molecule has 2 heteroatoms. The van der Waals surface area contributed by atoms with Crippen molar-refractivity contribution in [2.24, 2.45) is 0 Å². The maximum absolute atomic E-state index is 9.51. The molecule has 0 unspecified atom stereocenters. The van der Waals surface area contributed by atoms with Crippen LogP contribution in [0.4, 0.5) is 5.69 Å². The lowest BCUT2D eigenvalue weighted by atomic mass is 9.99. The molecular formula is C10H15NO. The van der Waals surface area contributed by atoms with Crippen molar-refractivity contribution >= 4 is 5.69 Å². The van der Waals surface area contributed by atoms with Crippen LogP contribution in [0.25, 0.3) is 0 Å². The van der Waals surface area contributed by atoms with E-state index in [2.05, 4.69) is 13.8 Å². The molecule has 0 atom stereocenters. The second-order valence-electron chi connectivity index (χ2n) is 3.39. The zero-order valence-corrected chi connectivity index (χ0v) is 7.76. The summed E-state index contributed by atoms with van der Waals surface area (Å²) < 4.78 is 0. The van der Waals surface area contributed by atoms with Crippen LogP contribution >= 0.6 is 0 Å². The first-order valence-corrected chi connectivity index (χ1v) is 4.12. The van der Waals surface area contributed by atoms with E-state index in [0.717, 1.165) is 11.1 Å². The summed E-state index contributed by atoms with van der Waals surface area (Å²) >= 11 is 0. The summed E-state index contributed by atoms with van der Waals surface area (Å²) in [6, 6.07) is 3.86. The Kier molecular flexibility index (Phi) is 2.27. The molecule has 1 aromatic rings. The Morgan fingerprint density at radius 1 is 1.33 bits per heavy atom. The first kappa shape index (κ1) is 8.91. The normalized spacial score (nSPS) is 10.7. The van der Waals surface area contributed by atoms with Crippen LogP contribution in [-0.4, -0.2) is 5.11 Å². The van der Waals surface area contributed by atoms with Gasteiger partial charge in [0, 0.05) is 0 Å². The molecule has 0 saturated carbocycles. The summed E-state index contributed by atoms with van der Waals surface area (Å²) in [7, 11) is 0. The van der Waals surface area contributed by atoms with E-state index in [9.17, 15) is 5.11 Å². The molecule has 0 aliphatic carbocycles. The molecule has 1 rings (SSSR count). The molecule has 0 spiro atoms. The number of phenols is 1. The molecule has 0 bridgehead atoms. The van der Waals surface area contributed by atoms with E-state index in [-0.39, 0.29) is 5.75 Å². The zero-order chi connectivity index (χ0) is 9.30. The number of hydrogen-bond donors (Lipinski definition) is 2. The number of nitrogens with two attached hydrogens (primary N) is 1. The summed E-state index contributed by atoms with van der Waals surface area (Å²) in [5, 5.41) is 9.51. The summed E-state index contributed by atoms with van der Waals surface area (Å²) in [6.07, 6.45) is 0. The average molecular weight is 165 g/mol. The van der Waals surface area contributed by atoms with Gasteiger partial charge < -0.3 is 10.8 Å². The van der Waals surface area contributed by atoms with Gasteiger partial charge in [-0.3, -0.25) is 0 Å². The number of aryl methyl sites for hydroxylation is 1. The van der Waals surface area contributed by atoms with Crippen molar-refractivity contribution in [3.8, 4) is 5.75 Å². The van der Waals surface area contributed by atoms with Crippen LogP contribution in [0.15, 0.2) is 12.1 Å². The van der Waals surface area contributed by atoms with Gasteiger partial charge in [0.2, 0.25) is 0 Å². The number of benzene rings is 1. The minimum Gasteiger partial charge on any atom is -0.506 e. The van der Waals surface area contributed by atoms with Crippen LogP contribution in [0.3, 0.4) is 0 Å². The third kappa shape index (κ3) is 1.37. The van der Waals surface area contributed by atoms with Crippen LogP contribution in [0.5, 0.6) is 5.75 Å². The lowest BCUT2D eigenvalue weighted by molar-refractivity contribution is 0.473. The van der Waals surface area contributed by atoms with Crippen molar-refractivity contribution in [3.63, 3.8) is 0 Å². The third-order valence-electron chi connectivity index (χ3n) is 2.07. The topological polar surface area (TPSA) is 46.2 Å². The Morgan fingerprint density at radius 2 is 1.92 bits per heavy atom. The standard InChI is InChI=1S/C10H15NO/c1-6(2)8-5-4-7(3)10(12)9(8)11/h4-6,12H,11H2,1-3H3. The molecule has 12 heavy (non-hydrogen) atoms. The van der Waals surface area contributed by atoms with E-state index in [1.165, 1.54) is 0 Å². The highest BCUT2D eigenvalue weighted by Crippen LogP contribution is 2.32. The van der Waals surface area contributed by atoms with Crippen molar-refractivity contribution in [1.82, 2.24) is 0 Å². The number of nitrogen functional groups attached to an aromatic ring is 1. The molecule has 0 aliphatic rings. The van der Waals surface area contributed by atoms with Crippen LogP contribution in [0, 0.1) is 6.92 Å². The van der Waals surface area contributed by atoms with E-state index in [4.69, 9.17) is 5.73 Å². The van der Waals surface area contributed by atoms with Gasteiger partial charge in [-0.2, -0.15) is 0 Å². The van der Waals surface area contributed by atoms with Gasteiger partial charge in [-0.15, -0.1) is 0 Å². The van der Waals surface area contributed by atoms with Crippen molar-refractivity contribution in [2.75, 3.05) is 5.73 Å². The molecule has 0 heterocycles. The van der Waals surface area contributed by atoms with Crippen molar-refractivity contribution < 1.29 is 5.11 Å². The second-order valence-corrected chi connectivity index (χ2v) is 3.39. The molecule has 0 aliphatic heterocycles. The fourth-order valence-electron chi connectivity index (χ4n) is 1.24. The molecule has 0 fully saturated rings. The monoisotopic (exact) mass is 165 g/mol. The van der Waals surface area contributed by atoms with Gasteiger partial charge in [0.1, 0.15) is 5.75 Å². The zero-order valence-electron chi connectivity index (χ0n) is 7.76. The Balaban J connectivity index is 3.27. The number of aromatic hydroxyl groups is 1. The summed E-state index contributed by atoms with van der Waals surface area (Å²) in [6.45, 7) is 5.96. The van der Waals surface area contributed by atoms with E-state index >= 15 is 0 Å². The smallest absolute Gasteiger partial charge is 0.141 e. The number of rotatable bonds is 1. The number of hydrogen-bond acceptors (Lipinski definition) is 2. The van der Waals surface area contributed by atoms with E-state index in [1.54, 1.807) is 0 Å². The molecule has 0 saturated heterocycles. The fraction of sp³-hybridized carbons (Fsp3) is 0.400. The van der Waals surface area contributed by atoms with Gasteiger partial charge >= 0.3 is 0 Å². The van der Waals surface area contributed by atoms with Gasteiger partial charge in [-0.25, -0.2) is 0 Å². The Bertz CT molecular complexity index is 292. The fourth-order valence-corrected chi connectivity index (χ4v) is 1.24. The van der Waals surface area contributed by atoms with Crippen LogP contribution in [0.1, 0.15) is 30.9 Å². The van der Waals surface area contributed by atoms with Gasteiger partial charge in [0.15, 0.2) is 0 Å². The Morgan fingerprint density at radius 3 is 2.42 bits per heavy atom. The largest absolute Gasteiger partial charge is 0.506 e. The van der Waals surface area contributed by atoms with Crippen molar-refractivity contribution in [2.45, 2.75) is 26.7 Å². The van der Waals surface area contributed by atoms with Crippen molar-refractivity contribution in [1.29, 1.82) is 0 Å². The van der Waals surface area contributed by atoms with Crippen LogP contribution < -0.4 is 5.73 Å². The number of phenolic OH excluding ortho intramolecular Hbond substituents is 1.